The maximum Gasteiger partial charge on any atom is 0.148 e. The first-order chi connectivity index (χ1) is 8.56. The molecule has 18 heavy (non-hydrogen) atoms. The van der Waals surface area contributed by atoms with Crippen LogP contribution in [0.5, 0.6) is 0 Å². The fourth-order valence-electron chi connectivity index (χ4n) is 1.60. The number of nitrogens with zero attached hydrogens (tertiary/aromatic N) is 3. The quantitative estimate of drug-likeness (QED) is 0.672. The van der Waals surface area contributed by atoms with E-state index in [1.807, 2.05) is 32.6 Å². The summed E-state index contributed by atoms with van der Waals surface area (Å²) < 4.78 is 7.39. The number of hydrogen-bond acceptors (Lipinski definition) is 5. The van der Waals surface area contributed by atoms with E-state index in [9.17, 15) is 0 Å². The summed E-state index contributed by atoms with van der Waals surface area (Å²) in [6.07, 6.45) is 0. The summed E-state index contributed by atoms with van der Waals surface area (Å²) >= 11 is 0. The van der Waals surface area contributed by atoms with Crippen LogP contribution in [0.15, 0.2) is 0 Å². The summed E-state index contributed by atoms with van der Waals surface area (Å²) in [7, 11) is 4.07. The van der Waals surface area contributed by atoms with Gasteiger partial charge < -0.3 is 20.7 Å². The molecular formula is C12H25N5O. The molecule has 0 fully saturated rings. The molecule has 0 unspecified atom stereocenters. The lowest BCUT2D eigenvalue weighted by Gasteiger charge is -2.11. The molecule has 3 N–H and O–H groups in total. The van der Waals surface area contributed by atoms with Crippen molar-refractivity contribution in [2.75, 3.05) is 51.4 Å². The summed E-state index contributed by atoms with van der Waals surface area (Å²) in [5, 5.41) is 7.63. The molecule has 0 aliphatic heterocycles. The van der Waals surface area contributed by atoms with Crippen LogP contribution >= 0.6 is 0 Å². The zero-order valence-corrected chi connectivity index (χ0v) is 11.9. The topological polar surface area (TPSA) is 68.3 Å². The Bertz CT molecular complexity index is 362. The number of aromatic nitrogens is 2. The summed E-state index contributed by atoms with van der Waals surface area (Å²) in [6, 6.07) is 0. The molecule has 0 atom stereocenters. The average Bonchev–Trinajstić information content (AvgIpc) is 2.60. The van der Waals surface area contributed by atoms with Gasteiger partial charge >= 0.3 is 0 Å². The van der Waals surface area contributed by atoms with Crippen LogP contribution in [0.1, 0.15) is 12.6 Å². The molecule has 1 aromatic heterocycles. The van der Waals surface area contributed by atoms with Crippen molar-refractivity contribution in [2.24, 2.45) is 0 Å². The van der Waals surface area contributed by atoms with Crippen molar-refractivity contribution in [1.82, 2.24) is 14.7 Å². The highest BCUT2D eigenvalue weighted by molar-refractivity contribution is 5.64. The Morgan fingerprint density at radius 3 is 2.72 bits per heavy atom. The molecule has 1 heterocycles. The Morgan fingerprint density at radius 1 is 1.39 bits per heavy atom. The van der Waals surface area contributed by atoms with Crippen LogP contribution in [0.3, 0.4) is 0 Å². The summed E-state index contributed by atoms with van der Waals surface area (Å²) in [5.74, 6) is 0.895. The monoisotopic (exact) mass is 255 g/mol. The standard InChI is InChI=1S/C12H25N5O/c1-5-17-12(11(13)10(2)15-17)14-6-8-18-9-7-16(3)4/h14H,5-9,13H2,1-4H3. The molecule has 0 spiro atoms. The van der Waals surface area contributed by atoms with Crippen LogP contribution in [0.25, 0.3) is 0 Å². The number of ether oxygens (including phenoxy) is 1. The maximum absolute atomic E-state index is 5.97. The van der Waals surface area contributed by atoms with Crippen molar-refractivity contribution < 1.29 is 4.74 Å². The van der Waals surface area contributed by atoms with Gasteiger partial charge in [0, 0.05) is 19.6 Å². The largest absolute Gasteiger partial charge is 0.394 e. The average molecular weight is 255 g/mol. The van der Waals surface area contributed by atoms with E-state index in [0.717, 1.165) is 43.4 Å². The van der Waals surface area contributed by atoms with Crippen molar-refractivity contribution >= 4 is 11.5 Å². The van der Waals surface area contributed by atoms with Crippen LogP contribution in [0.4, 0.5) is 11.5 Å². The van der Waals surface area contributed by atoms with E-state index < -0.39 is 0 Å². The molecule has 0 aliphatic rings. The molecule has 0 aromatic carbocycles. The first-order valence-corrected chi connectivity index (χ1v) is 6.35. The molecule has 104 valence electrons. The zero-order chi connectivity index (χ0) is 13.5. The Hall–Kier alpha value is -1.27. The minimum atomic E-state index is 0.668. The molecule has 0 radical (unpaired) electrons. The van der Waals surface area contributed by atoms with E-state index in [0.29, 0.717) is 6.61 Å². The van der Waals surface area contributed by atoms with Crippen LogP contribution in [-0.2, 0) is 11.3 Å². The Kier molecular flexibility index (Phi) is 5.94. The number of nitrogen functional groups attached to an aromatic ring is 1. The normalized spacial score (nSPS) is 11.2. The maximum atomic E-state index is 5.97. The lowest BCUT2D eigenvalue weighted by Crippen LogP contribution is -2.20. The fourth-order valence-corrected chi connectivity index (χ4v) is 1.60. The van der Waals surface area contributed by atoms with E-state index >= 15 is 0 Å². The van der Waals surface area contributed by atoms with Gasteiger partial charge in [-0.1, -0.05) is 0 Å². The molecular weight excluding hydrogens is 230 g/mol. The highest BCUT2D eigenvalue weighted by atomic mass is 16.5. The van der Waals surface area contributed by atoms with Crippen molar-refractivity contribution in [2.45, 2.75) is 20.4 Å². The Balaban J connectivity index is 2.31. The van der Waals surface area contributed by atoms with Gasteiger partial charge in [-0.2, -0.15) is 5.10 Å². The second kappa shape index (κ2) is 7.23. The van der Waals surface area contributed by atoms with Crippen molar-refractivity contribution in [3.63, 3.8) is 0 Å². The third kappa shape index (κ3) is 4.19. The van der Waals surface area contributed by atoms with Crippen LogP contribution in [-0.4, -0.2) is 55.1 Å². The van der Waals surface area contributed by atoms with Crippen molar-refractivity contribution in [3.8, 4) is 0 Å². The van der Waals surface area contributed by atoms with Gasteiger partial charge in [0.1, 0.15) is 5.82 Å². The number of hydrogen-bond donors (Lipinski definition) is 2. The molecule has 0 saturated heterocycles. The molecule has 1 rings (SSSR count). The first-order valence-electron chi connectivity index (χ1n) is 6.35. The number of rotatable bonds is 8. The second-order valence-electron chi connectivity index (χ2n) is 4.51. The minimum absolute atomic E-state index is 0.668. The number of nitrogens with one attached hydrogen (secondary N) is 1. The van der Waals surface area contributed by atoms with Gasteiger partial charge in [-0.25, -0.2) is 4.68 Å². The lowest BCUT2D eigenvalue weighted by atomic mass is 10.4. The van der Waals surface area contributed by atoms with Gasteiger partial charge in [0.15, 0.2) is 0 Å². The smallest absolute Gasteiger partial charge is 0.148 e. The number of likely N-dealkylation sites (N-methyl/N-ethyl adjacent to an activating group) is 1. The van der Waals surface area contributed by atoms with Crippen LogP contribution in [0.2, 0.25) is 0 Å². The third-order valence-electron chi connectivity index (χ3n) is 2.69. The van der Waals surface area contributed by atoms with E-state index in [1.165, 1.54) is 0 Å². The van der Waals surface area contributed by atoms with E-state index in [1.54, 1.807) is 0 Å². The molecule has 6 nitrogen and oxygen atoms in total. The summed E-state index contributed by atoms with van der Waals surface area (Å²) in [6.45, 7) is 7.86. The van der Waals surface area contributed by atoms with Crippen molar-refractivity contribution in [1.29, 1.82) is 0 Å². The van der Waals surface area contributed by atoms with Gasteiger partial charge in [0.25, 0.3) is 0 Å². The van der Waals surface area contributed by atoms with Gasteiger partial charge in [-0.05, 0) is 27.9 Å². The first kappa shape index (κ1) is 14.8. The van der Waals surface area contributed by atoms with E-state index in [-0.39, 0.29) is 0 Å². The minimum Gasteiger partial charge on any atom is -0.394 e. The molecule has 0 aliphatic carbocycles. The van der Waals surface area contributed by atoms with Gasteiger partial charge in [-0.15, -0.1) is 0 Å². The number of anilines is 2. The predicted octanol–water partition coefficient (Wildman–Crippen LogP) is 0.784. The van der Waals surface area contributed by atoms with E-state index in [4.69, 9.17) is 10.5 Å². The van der Waals surface area contributed by atoms with Crippen molar-refractivity contribution in [3.05, 3.63) is 5.69 Å². The highest BCUT2D eigenvalue weighted by Gasteiger charge is 2.10. The lowest BCUT2D eigenvalue weighted by molar-refractivity contribution is 0.126. The van der Waals surface area contributed by atoms with Crippen LogP contribution in [0, 0.1) is 6.92 Å². The Labute approximate surface area is 109 Å². The molecule has 0 amide bonds. The van der Waals surface area contributed by atoms with Gasteiger partial charge in [-0.3, -0.25) is 0 Å². The van der Waals surface area contributed by atoms with Gasteiger partial charge in [0.2, 0.25) is 0 Å². The molecule has 1 aromatic rings. The Morgan fingerprint density at radius 2 is 2.11 bits per heavy atom. The summed E-state index contributed by atoms with van der Waals surface area (Å²) in [4.78, 5) is 2.10. The third-order valence-corrected chi connectivity index (χ3v) is 2.69. The van der Waals surface area contributed by atoms with Gasteiger partial charge in [0.05, 0.1) is 24.6 Å². The molecule has 6 heteroatoms. The predicted molar refractivity (Wildman–Crippen MR) is 74.9 cm³/mol. The van der Waals surface area contributed by atoms with Crippen LogP contribution < -0.4 is 11.1 Å². The summed E-state index contributed by atoms with van der Waals surface area (Å²) in [5.41, 5.74) is 7.56. The fraction of sp³-hybridized carbons (Fsp3) is 0.750. The number of nitrogens with two attached hydrogens (primary N) is 1. The molecule has 0 bridgehead atoms. The second-order valence-corrected chi connectivity index (χ2v) is 4.51. The van der Waals surface area contributed by atoms with E-state index in [2.05, 4.69) is 15.3 Å². The zero-order valence-electron chi connectivity index (χ0n) is 11.9. The molecule has 0 saturated carbocycles. The SMILES string of the molecule is CCn1nc(C)c(N)c1NCCOCCN(C)C. The number of aryl methyl sites for hydroxylation is 2. The highest BCUT2D eigenvalue weighted by Crippen LogP contribution is 2.21.